The highest BCUT2D eigenvalue weighted by molar-refractivity contribution is 6.30. The Balaban J connectivity index is 2.10. The first-order valence-electron chi connectivity index (χ1n) is 6.67. The topological polar surface area (TPSA) is 28.2 Å². The van der Waals surface area contributed by atoms with Gasteiger partial charge in [0, 0.05) is 30.9 Å². The highest BCUT2D eigenvalue weighted by atomic mass is 35.5. The van der Waals surface area contributed by atoms with Crippen LogP contribution in [0.1, 0.15) is 16.8 Å². The van der Waals surface area contributed by atoms with E-state index in [9.17, 15) is 0 Å². The molecule has 0 unspecified atom stereocenters. The average molecular weight is 290 g/mol. The van der Waals surface area contributed by atoms with Crippen molar-refractivity contribution in [2.45, 2.75) is 20.0 Å². The van der Waals surface area contributed by atoms with Gasteiger partial charge in [-0.1, -0.05) is 29.8 Å². The van der Waals surface area contributed by atoms with Crippen LogP contribution in [0.5, 0.6) is 0 Å². The maximum Gasteiger partial charge on any atom is 0.128 e. The van der Waals surface area contributed by atoms with Gasteiger partial charge < -0.3 is 10.2 Å². The van der Waals surface area contributed by atoms with Crippen molar-refractivity contribution in [2.75, 3.05) is 19.0 Å². The lowest BCUT2D eigenvalue weighted by atomic mass is 10.2. The number of nitrogens with zero attached hydrogens (tertiary/aromatic N) is 2. The van der Waals surface area contributed by atoms with Crippen LogP contribution in [0.3, 0.4) is 0 Å². The van der Waals surface area contributed by atoms with Crippen LogP contribution in [-0.4, -0.2) is 19.1 Å². The smallest absolute Gasteiger partial charge is 0.128 e. The largest absolute Gasteiger partial charge is 0.355 e. The standard InChI is InChI=1S/C16H20ClN3/c1-12-14(10-18-2)6-9-16(19-12)20(3)11-13-4-7-15(17)8-5-13/h4-9,18H,10-11H2,1-3H3. The third-order valence-corrected chi connectivity index (χ3v) is 3.52. The summed E-state index contributed by atoms with van der Waals surface area (Å²) in [4.78, 5) is 6.80. The number of anilines is 1. The fourth-order valence-corrected chi connectivity index (χ4v) is 2.24. The zero-order valence-corrected chi connectivity index (χ0v) is 12.9. The molecule has 1 aromatic carbocycles. The minimum absolute atomic E-state index is 0.766. The fourth-order valence-electron chi connectivity index (χ4n) is 2.11. The summed E-state index contributed by atoms with van der Waals surface area (Å²) >= 11 is 5.90. The van der Waals surface area contributed by atoms with Crippen LogP contribution in [0.25, 0.3) is 0 Å². The van der Waals surface area contributed by atoms with E-state index in [0.717, 1.165) is 29.6 Å². The van der Waals surface area contributed by atoms with Crippen molar-refractivity contribution in [3.05, 3.63) is 58.2 Å². The van der Waals surface area contributed by atoms with Crippen LogP contribution in [0, 0.1) is 6.92 Å². The van der Waals surface area contributed by atoms with Gasteiger partial charge in [0.15, 0.2) is 0 Å². The summed E-state index contributed by atoms with van der Waals surface area (Å²) in [6, 6.07) is 12.1. The number of rotatable bonds is 5. The van der Waals surface area contributed by atoms with Crippen molar-refractivity contribution in [3.63, 3.8) is 0 Å². The zero-order valence-electron chi connectivity index (χ0n) is 12.2. The molecule has 0 amide bonds. The van der Waals surface area contributed by atoms with Crippen molar-refractivity contribution in [1.29, 1.82) is 0 Å². The second-order valence-corrected chi connectivity index (χ2v) is 5.36. The molecule has 0 spiro atoms. The van der Waals surface area contributed by atoms with Crippen molar-refractivity contribution in [1.82, 2.24) is 10.3 Å². The summed E-state index contributed by atoms with van der Waals surface area (Å²) in [5.74, 6) is 0.984. The molecule has 2 rings (SSSR count). The Kier molecular flexibility index (Phi) is 4.99. The van der Waals surface area contributed by atoms with E-state index in [0.29, 0.717) is 0 Å². The Morgan fingerprint density at radius 1 is 1.15 bits per heavy atom. The number of benzene rings is 1. The molecule has 1 heterocycles. The lowest BCUT2D eigenvalue weighted by Gasteiger charge is -2.19. The van der Waals surface area contributed by atoms with Gasteiger partial charge in [-0.25, -0.2) is 4.98 Å². The number of aromatic nitrogens is 1. The minimum atomic E-state index is 0.766. The molecular formula is C16H20ClN3. The van der Waals surface area contributed by atoms with Crippen molar-refractivity contribution >= 4 is 17.4 Å². The molecule has 20 heavy (non-hydrogen) atoms. The van der Waals surface area contributed by atoms with Crippen LogP contribution in [-0.2, 0) is 13.1 Å². The molecule has 0 radical (unpaired) electrons. The predicted octanol–water partition coefficient (Wildman–Crippen LogP) is 3.40. The van der Waals surface area contributed by atoms with Gasteiger partial charge in [-0.3, -0.25) is 0 Å². The van der Waals surface area contributed by atoms with E-state index < -0.39 is 0 Å². The first-order valence-corrected chi connectivity index (χ1v) is 7.04. The quantitative estimate of drug-likeness (QED) is 0.914. The normalized spacial score (nSPS) is 10.6. The molecule has 0 saturated heterocycles. The van der Waals surface area contributed by atoms with E-state index in [4.69, 9.17) is 11.6 Å². The third-order valence-electron chi connectivity index (χ3n) is 3.27. The van der Waals surface area contributed by atoms with E-state index in [1.807, 2.05) is 45.3 Å². The summed E-state index contributed by atoms with van der Waals surface area (Å²) in [6.45, 7) is 3.71. The molecule has 0 aliphatic rings. The van der Waals surface area contributed by atoms with Gasteiger partial charge in [0.25, 0.3) is 0 Å². The zero-order chi connectivity index (χ0) is 14.5. The van der Waals surface area contributed by atoms with Crippen LogP contribution in [0.2, 0.25) is 5.02 Å². The predicted molar refractivity (Wildman–Crippen MR) is 85.3 cm³/mol. The van der Waals surface area contributed by atoms with Gasteiger partial charge in [-0.05, 0) is 43.3 Å². The van der Waals surface area contributed by atoms with E-state index in [2.05, 4.69) is 27.3 Å². The van der Waals surface area contributed by atoms with Crippen LogP contribution in [0.4, 0.5) is 5.82 Å². The highest BCUT2D eigenvalue weighted by Crippen LogP contribution is 2.17. The van der Waals surface area contributed by atoms with Crippen molar-refractivity contribution in [3.8, 4) is 0 Å². The number of hydrogen-bond donors (Lipinski definition) is 1. The second kappa shape index (κ2) is 6.73. The van der Waals surface area contributed by atoms with Gasteiger partial charge in [0.1, 0.15) is 5.82 Å². The second-order valence-electron chi connectivity index (χ2n) is 4.93. The summed E-state index contributed by atoms with van der Waals surface area (Å²) in [6.07, 6.45) is 0. The number of nitrogens with one attached hydrogen (secondary N) is 1. The molecule has 0 fully saturated rings. The van der Waals surface area contributed by atoms with Crippen LogP contribution >= 0.6 is 11.6 Å². The van der Waals surface area contributed by atoms with Gasteiger partial charge in [-0.15, -0.1) is 0 Å². The first-order chi connectivity index (χ1) is 9.60. The lowest BCUT2D eigenvalue weighted by molar-refractivity contribution is 0.800. The molecule has 0 aliphatic heterocycles. The third kappa shape index (κ3) is 3.71. The number of pyridine rings is 1. The van der Waals surface area contributed by atoms with Crippen LogP contribution in [0.15, 0.2) is 36.4 Å². The number of aryl methyl sites for hydroxylation is 1. The summed E-state index contributed by atoms with van der Waals surface area (Å²) in [5.41, 5.74) is 3.52. The lowest BCUT2D eigenvalue weighted by Crippen LogP contribution is -2.18. The van der Waals surface area contributed by atoms with E-state index >= 15 is 0 Å². The van der Waals surface area contributed by atoms with E-state index in [1.165, 1.54) is 11.1 Å². The summed E-state index contributed by atoms with van der Waals surface area (Å²) in [5, 5.41) is 3.92. The molecule has 0 saturated carbocycles. The Labute approximate surface area is 125 Å². The number of hydrogen-bond acceptors (Lipinski definition) is 3. The first kappa shape index (κ1) is 14.8. The summed E-state index contributed by atoms with van der Waals surface area (Å²) in [7, 11) is 3.99. The number of halogens is 1. The molecule has 0 aliphatic carbocycles. The summed E-state index contributed by atoms with van der Waals surface area (Å²) < 4.78 is 0. The Bertz CT molecular complexity index is 566. The Morgan fingerprint density at radius 2 is 1.85 bits per heavy atom. The van der Waals surface area contributed by atoms with Gasteiger partial charge in [0.2, 0.25) is 0 Å². The van der Waals surface area contributed by atoms with Crippen LogP contribution < -0.4 is 10.2 Å². The Morgan fingerprint density at radius 3 is 2.45 bits per heavy atom. The minimum Gasteiger partial charge on any atom is -0.355 e. The monoisotopic (exact) mass is 289 g/mol. The maximum atomic E-state index is 5.90. The molecule has 106 valence electrons. The van der Waals surface area contributed by atoms with Gasteiger partial charge >= 0.3 is 0 Å². The molecular weight excluding hydrogens is 270 g/mol. The molecule has 1 aromatic heterocycles. The molecule has 3 nitrogen and oxygen atoms in total. The average Bonchev–Trinajstić information content (AvgIpc) is 2.44. The molecule has 1 N–H and O–H groups in total. The fraction of sp³-hybridized carbons (Fsp3) is 0.312. The molecule has 2 aromatic rings. The highest BCUT2D eigenvalue weighted by Gasteiger charge is 2.06. The molecule has 0 bridgehead atoms. The van der Waals surface area contributed by atoms with Crippen molar-refractivity contribution < 1.29 is 0 Å². The molecule has 0 atom stereocenters. The van der Waals surface area contributed by atoms with Crippen molar-refractivity contribution in [2.24, 2.45) is 0 Å². The van der Waals surface area contributed by atoms with Gasteiger partial charge in [0.05, 0.1) is 0 Å². The SMILES string of the molecule is CNCc1ccc(N(C)Cc2ccc(Cl)cc2)nc1C. The molecule has 4 heteroatoms. The van der Waals surface area contributed by atoms with E-state index in [1.54, 1.807) is 0 Å². The Hall–Kier alpha value is -1.58. The van der Waals surface area contributed by atoms with E-state index in [-0.39, 0.29) is 0 Å². The van der Waals surface area contributed by atoms with Gasteiger partial charge in [-0.2, -0.15) is 0 Å². The maximum absolute atomic E-state index is 5.90.